The molecule has 3 atom stereocenters. The number of carbonyl (C=O) groups excluding carboxylic acids is 4. The van der Waals surface area contributed by atoms with Gasteiger partial charge < -0.3 is 45.2 Å². The Morgan fingerprint density at radius 1 is 0.776 bits per heavy atom. The predicted octanol–water partition coefficient (Wildman–Crippen LogP) is 7.58. The van der Waals surface area contributed by atoms with E-state index in [0.717, 1.165) is 94.5 Å². The molecule has 1 aliphatic carbocycles. The smallest absolute Gasteiger partial charge is 0.407 e. The molecule has 5 heterocycles. The van der Waals surface area contributed by atoms with Gasteiger partial charge in [0.1, 0.15) is 17.7 Å². The number of hydrogen-bond acceptors (Lipinski definition) is 9. The molecule has 0 radical (unpaired) electrons. The van der Waals surface area contributed by atoms with Crippen LogP contribution in [0, 0.1) is 0 Å². The van der Waals surface area contributed by atoms with Crippen molar-refractivity contribution in [3.05, 3.63) is 120 Å². The molecule has 4 aliphatic rings. The summed E-state index contributed by atoms with van der Waals surface area (Å²) >= 11 is 0. The first kappa shape index (κ1) is 46.7. The zero-order valence-corrected chi connectivity index (χ0v) is 38.6. The number of imidazole rings is 2. The summed E-state index contributed by atoms with van der Waals surface area (Å²) in [5, 5.41) is 10.7. The highest BCUT2D eigenvalue weighted by Crippen LogP contribution is 2.39. The molecule has 2 aromatic heterocycles. The number of aryl methyl sites for hydroxylation is 2. The van der Waals surface area contributed by atoms with Gasteiger partial charge in [-0.25, -0.2) is 14.8 Å². The number of likely N-dealkylation sites (tertiary alicyclic amines) is 2. The van der Waals surface area contributed by atoms with Gasteiger partial charge in [-0.2, -0.15) is 0 Å². The van der Waals surface area contributed by atoms with Gasteiger partial charge in [-0.05, 0) is 110 Å². The summed E-state index contributed by atoms with van der Waals surface area (Å²) in [6, 6.07) is 27.5. The Morgan fingerprint density at radius 3 is 2.13 bits per heavy atom. The van der Waals surface area contributed by atoms with Crippen molar-refractivity contribution in [3.8, 4) is 33.6 Å². The number of amides is 4. The number of benzene rings is 4. The molecule has 5 N–H and O–H groups in total. The van der Waals surface area contributed by atoms with E-state index in [4.69, 9.17) is 14.7 Å². The molecule has 4 aromatic carbocycles. The topological polar surface area (TPSA) is 187 Å². The Kier molecular flexibility index (Phi) is 15.4. The molecule has 0 bridgehead atoms. The van der Waals surface area contributed by atoms with E-state index in [1.807, 2.05) is 41.4 Å². The summed E-state index contributed by atoms with van der Waals surface area (Å²) in [4.78, 5) is 70.2. The number of methoxy groups -OCH3 is 2. The van der Waals surface area contributed by atoms with E-state index in [-0.39, 0.29) is 30.4 Å². The molecular formula is C52H61N9O6. The number of nitrogens with zero attached hydrogens (tertiary/aromatic N) is 4. The molecule has 15 nitrogen and oxygen atoms in total. The Balaban J connectivity index is 0.000000614. The maximum atomic E-state index is 13.9. The highest BCUT2D eigenvalue weighted by molar-refractivity contribution is 5.91. The largest absolute Gasteiger partial charge is 0.453 e. The molecule has 15 heteroatoms. The number of carbonyl (C=O) groups is 4. The van der Waals surface area contributed by atoms with Crippen LogP contribution in [0.5, 0.6) is 0 Å². The van der Waals surface area contributed by atoms with Crippen LogP contribution in [0.2, 0.25) is 0 Å². The Bertz CT molecular complexity index is 2650. The lowest BCUT2D eigenvalue weighted by atomic mass is 9.89. The molecule has 3 saturated heterocycles. The van der Waals surface area contributed by atoms with Crippen LogP contribution in [0.3, 0.4) is 0 Å². The van der Waals surface area contributed by atoms with Crippen molar-refractivity contribution < 1.29 is 28.7 Å². The van der Waals surface area contributed by atoms with Gasteiger partial charge in [-0.15, -0.1) is 0 Å². The molecule has 10 rings (SSSR count). The lowest BCUT2D eigenvalue weighted by Crippen LogP contribution is -2.42. The minimum Gasteiger partial charge on any atom is -0.453 e. The van der Waals surface area contributed by atoms with Crippen molar-refractivity contribution >= 4 is 35.1 Å². The summed E-state index contributed by atoms with van der Waals surface area (Å²) < 4.78 is 9.09. The van der Waals surface area contributed by atoms with Crippen molar-refractivity contribution in [2.24, 2.45) is 0 Å². The number of ether oxygens (including phenoxy) is 2. The SMILES string of the molecule is C1CCNCC1.COC.COC(=O)NC(C(=O)N1CCCC1c1ncc(-c2ccc3cc(-c4ccc5c(c4)CCc4[nH]c(C6CCCN6C(=O)CNC=O)nc4-5)ccc3c2)[nH]1)c1ccccc1. The third-order valence-corrected chi connectivity index (χ3v) is 13.0. The molecule has 3 aliphatic heterocycles. The van der Waals surface area contributed by atoms with Crippen LogP contribution < -0.4 is 16.0 Å². The van der Waals surface area contributed by atoms with Crippen LogP contribution in [-0.4, -0.2) is 108 Å². The average molecular weight is 908 g/mol. The number of alkyl carbamates (subject to hydrolysis) is 1. The fraction of sp³-hybridized carbons (Fsp3) is 0.385. The first-order chi connectivity index (χ1) is 32.8. The van der Waals surface area contributed by atoms with Crippen molar-refractivity contribution in [1.29, 1.82) is 0 Å². The number of piperidine rings is 1. The standard InChI is InChI=1S/C45H44N8O5.C5H11N.C2H6O/c1-58-45(57)51-40(27-7-3-2-4-8-27)44(56)53-20-6-9-37(53)42-47-24-36(49-42)33-14-13-29-21-28(11-12-30(29)23-33)31-15-17-34-32(22-31)16-18-35-41(34)50-43(48-35)38-10-5-19-52(38)39(55)25-46-26-54;1-2-4-6-5-3-1;1-3-2/h2-4,7-8,11-15,17,21-24,26,37-38,40H,5-6,9-10,16,18-20,25H2,1H3,(H,46,54)(H,47,49)(H,48,50)(H,51,57);6H,1-5H2;1-2H3. The van der Waals surface area contributed by atoms with Crippen molar-refractivity contribution in [1.82, 2.24) is 45.7 Å². The number of hydrogen-bond donors (Lipinski definition) is 5. The van der Waals surface area contributed by atoms with E-state index in [2.05, 4.69) is 85.3 Å². The summed E-state index contributed by atoms with van der Waals surface area (Å²) in [7, 11) is 4.54. The molecule has 0 saturated carbocycles. The number of aromatic nitrogens is 4. The van der Waals surface area contributed by atoms with Gasteiger partial charge in [-0.1, -0.05) is 79.2 Å². The summed E-state index contributed by atoms with van der Waals surface area (Å²) in [5.74, 6) is 1.23. The molecule has 3 fully saturated rings. The van der Waals surface area contributed by atoms with Gasteiger partial charge >= 0.3 is 6.09 Å². The average Bonchev–Trinajstić information content (AvgIpc) is 4.23. The van der Waals surface area contributed by atoms with Gasteiger partial charge in [-0.3, -0.25) is 14.4 Å². The fourth-order valence-electron chi connectivity index (χ4n) is 9.68. The van der Waals surface area contributed by atoms with E-state index in [0.29, 0.717) is 30.9 Å². The van der Waals surface area contributed by atoms with Crippen molar-refractivity contribution in [2.45, 2.75) is 75.9 Å². The van der Waals surface area contributed by atoms with Crippen LogP contribution in [0.15, 0.2) is 91.1 Å². The third kappa shape index (κ3) is 10.7. The number of fused-ring (bicyclic) bond motifs is 4. The van der Waals surface area contributed by atoms with Gasteiger partial charge in [0, 0.05) is 44.1 Å². The van der Waals surface area contributed by atoms with Crippen LogP contribution in [0.1, 0.15) is 91.5 Å². The summed E-state index contributed by atoms with van der Waals surface area (Å²) in [6.07, 6.45) is 11.0. The number of rotatable bonds is 10. The van der Waals surface area contributed by atoms with E-state index in [9.17, 15) is 19.2 Å². The van der Waals surface area contributed by atoms with Gasteiger partial charge in [0.2, 0.25) is 12.3 Å². The van der Waals surface area contributed by atoms with E-state index >= 15 is 0 Å². The quantitative estimate of drug-likeness (QED) is 0.0865. The normalized spacial score (nSPS) is 17.8. The van der Waals surface area contributed by atoms with Crippen LogP contribution >= 0.6 is 0 Å². The Labute approximate surface area is 391 Å². The van der Waals surface area contributed by atoms with Crippen molar-refractivity contribution in [3.63, 3.8) is 0 Å². The van der Waals surface area contributed by atoms with Crippen LogP contribution in [0.4, 0.5) is 4.79 Å². The van der Waals surface area contributed by atoms with Gasteiger partial charge in [0.05, 0.1) is 43.3 Å². The third-order valence-electron chi connectivity index (χ3n) is 13.0. The Hall–Kier alpha value is -6.84. The summed E-state index contributed by atoms with van der Waals surface area (Å²) in [5.41, 5.74) is 9.25. The van der Waals surface area contributed by atoms with E-state index in [1.54, 1.807) is 19.1 Å². The van der Waals surface area contributed by atoms with E-state index in [1.165, 1.54) is 45.0 Å². The van der Waals surface area contributed by atoms with E-state index < -0.39 is 12.1 Å². The zero-order chi connectivity index (χ0) is 46.7. The molecule has 67 heavy (non-hydrogen) atoms. The maximum Gasteiger partial charge on any atom is 0.407 e. The monoisotopic (exact) mass is 907 g/mol. The second kappa shape index (κ2) is 22.1. The number of H-pyrrole nitrogens is 2. The molecule has 0 spiro atoms. The lowest BCUT2D eigenvalue weighted by Gasteiger charge is -2.28. The summed E-state index contributed by atoms with van der Waals surface area (Å²) in [6.45, 7) is 3.71. The second-order valence-corrected chi connectivity index (χ2v) is 17.4. The Morgan fingerprint density at radius 2 is 1.45 bits per heavy atom. The lowest BCUT2D eigenvalue weighted by molar-refractivity contribution is -0.134. The minimum atomic E-state index is -0.875. The van der Waals surface area contributed by atoms with Gasteiger partial charge in [0.15, 0.2) is 0 Å². The number of aromatic amines is 2. The second-order valence-electron chi connectivity index (χ2n) is 17.4. The minimum absolute atomic E-state index is 0.00586. The van der Waals surface area contributed by atoms with Crippen molar-refractivity contribution in [2.75, 3.05) is 54.1 Å². The predicted molar refractivity (Wildman–Crippen MR) is 258 cm³/mol. The first-order valence-corrected chi connectivity index (χ1v) is 23.4. The van der Waals surface area contributed by atoms with Gasteiger partial charge in [0.25, 0.3) is 5.91 Å². The maximum absolute atomic E-state index is 13.9. The van der Waals surface area contributed by atoms with Crippen LogP contribution in [-0.2, 0) is 36.7 Å². The highest BCUT2D eigenvalue weighted by Gasteiger charge is 2.37. The zero-order valence-electron chi connectivity index (χ0n) is 38.6. The highest BCUT2D eigenvalue weighted by atomic mass is 16.5. The molecular weight excluding hydrogens is 847 g/mol. The molecule has 6 aromatic rings. The first-order valence-electron chi connectivity index (χ1n) is 23.4. The molecule has 350 valence electrons. The van der Waals surface area contributed by atoms with Crippen LogP contribution in [0.25, 0.3) is 44.4 Å². The fourth-order valence-corrected chi connectivity index (χ4v) is 9.68. The number of nitrogens with one attached hydrogen (secondary N) is 5. The molecule has 3 unspecified atom stereocenters. The molecule has 4 amide bonds.